The topological polar surface area (TPSA) is 137 Å². The van der Waals surface area contributed by atoms with Gasteiger partial charge >= 0.3 is 0 Å². The van der Waals surface area contributed by atoms with Crippen molar-refractivity contribution in [2.75, 3.05) is 43.1 Å². The Morgan fingerprint density at radius 3 is 2.54 bits per heavy atom. The summed E-state index contributed by atoms with van der Waals surface area (Å²) < 4.78 is 10.8. The second kappa shape index (κ2) is 11.4. The van der Waals surface area contributed by atoms with Crippen molar-refractivity contribution in [3.63, 3.8) is 0 Å². The van der Waals surface area contributed by atoms with Gasteiger partial charge < -0.3 is 19.7 Å². The molecule has 1 aromatic heterocycles. The number of nitro groups is 1. The number of morpholine rings is 1. The Bertz CT molecular complexity index is 1530. The first kappa shape index (κ1) is 26.0. The van der Waals surface area contributed by atoms with Gasteiger partial charge in [0.15, 0.2) is 5.11 Å². The van der Waals surface area contributed by atoms with E-state index in [-0.39, 0.29) is 16.4 Å². The number of rotatable bonds is 7. The van der Waals surface area contributed by atoms with Crippen LogP contribution in [0.4, 0.5) is 17.1 Å². The maximum absolute atomic E-state index is 12.8. The summed E-state index contributed by atoms with van der Waals surface area (Å²) in [4.78, 5) is 27.4. The number of nitrogens with zero attached hydrogens (tertiary/aromatic N) is 5. The van der Waals surface area contributed by atoms with E-state index in [2.05, 4.69) is 20.8 Å². The fourth-order valence-electron chi connectivity index (χ4n) is 4.17. The third kappa shape index (κ3) is 5.94. The minimum absolute atomic E-state index is 0.0400. The lowest BCUT2D eigenvalue weighted by Crippen LogP contribution is -2.37. The molecule has 2 heterocycles. The van der Waals surface area contributed by atoms with Gasteiger partial charge in [-0.15, -0.1) is 10.2 Å². The summed E-state index contributed by atoms with van der Waals surface area (Å²) in [5, 5.41) is 26.3. The lowest BCUT2D eigenvalue weighted by Gasteiger charge is -2.28. The lowest BCUT2D eigenvalue weighted by molar-refractivity contribution is -0.384. The Hall–Kier alpha value is -4.62. The molecule has 5 rings (SSSR count). The highest BCUT2D eigenvalue weighted by Crippen LogP contribution is 2.30. The number of fused-ring (bicyclic) bond motifs is 1. The first-order chi connectivity index (χ1) is 18.9. The summed E-state index contributed by atoms with van der Waals surface area (Å²) in [5.41, 5.74) is 3.10. The largest absolute Gasteiger partial charge is 0.494 e. The average Bonchev–Trinajstić information content (AvgIpc) is 3.37. The van der Waals surface area contributed by atoms with E-state index in [1.165, 1.54) is 10.9 Å². The molecule has 1 aliphatic rings. The number of hydrogen-bond acceptors (Lipinski definition) is 9. The summed E-state index contributed by atoms with van der Waals surface area (Å²) >= 11 is 5.31. The standard InChI is InChI=1S/C26H25N7O5S/c1-2-38-20-7-5-19(6-8-20)32-29-21-9-4-18(16-22(21)30-32)27-26(39)28-25(34)17-3-10-23(24(15-17)33(35)36)31-11-13-37-14-12-31/h3-10,15-16H,2,11-14H2,1H3,(H2,27,28,34,39). The van der Waals surface area contributed by atoms with Crippen LogP contribution in [0, 0.1) is 10.1 Å². The van der Waals surface area contributed by atoms with E-state index < -0.39 is 10.8 Å². The molecule has 0 bridgehead atoms. The number of anilines is 2. The molecule has 200 valence electrons. The number of hydrogen-bond donors (Lipinski definition) is 2. The normalized spacial score (nSPS) is 13.2. The molecule has 4 aromatic rings. The van der Waals surface area contributed by atoms with Crippen LogP contribution in [0.3, 0.4) is 0 Å². The van der Waals surface area contributed by atoms with Crippen LogP contribution in [0.2, 0.25) is 0 Å². The van der Waals surface area contributed by atoms with Gasteiger partial charge in [-0.3, -0.25) is 20.2 Å². The smallest absolute Gasteiger partial charge is 0.293 e. The van der Waals surface area contributed by atoms with Gasteiger partial charge in [-0.05, 0) is 73.7 Å². The second-order valence-electron chi connectivity index (χ2n) is 8.59. The van der Waals surface area contributed by atoms with Crippen LogP contribution in [0.15, 0.2) is 60.7 Å². The fraction of sp³-hybridized carbons (Fsp3) is 0.231. The van der Waals surface area contributed by atoms with Gasteiger partial charge in [0, 0.05) is 30.4 Å². The summed E-state index contributed by atoms with van der Waals surface area (Å²) in [6.45, 7) is 4.57. The van der Waals surface area contributed by atoms with Crippen molar-refractivity contribution < 1.29 is 19.2 Å². The van der Waals surface area contributed by atoms with Gasteiger partial charge in [-0.1, -0.05) is 0 Å². The highest BCUT2D eigenvalue weighted by Gasteiger charge is 2.23. The van der Waals surface area contributed by atoms with Crippen LogP contribution in [0.1, 0.15) is 17.3 Å². The van der Waals surface area contributed by atoms with Gasteiger partial charge in [0.1, 0.15) is 22.5 Å². The number of thiocarbonyl (C=S) groups is 1. The summed E-state index contributed by atoms with van der Waals surface area (Å²) in [5.74, 6) is 0.203. The van der Waals surface area contributed by atoms with Crippen LogP contribution >= 0.6 is 12.2 Å². The van der Waals surface area contributed by atoms with Gasteiger partial charge in [-0.2, -0.15) is 4.80 Å². The molecule has 0 saturated carbocycles. The molecule has 12 nitrogen and oxygen atoms in total. The Balaban J connectivity index is 1.26. The monoisotopic (exact) mass is 547 g/mol. The number of benzene rings is 3. The number of aromatic nitrogens is 3. The van der Waals surface area contributed by atoms with E-state index in [4.69, 9.17) is 21.7 Å². The van der Waals surface area contributed by atoms with Crippen molar-refractivity contribution in [2.24, 2.45) is 0 Å². The summed E-state index contributed by atoms with van der Waals surface area (Å²) in [6, 6.07) is 17.1. The molecule has 0 atom stereocenters. The third-order valence-electron chi connectivity index (χ3n) is 6.03. The van der Waals surface area contributed by atoms with E-state index >= 15 is 0 Å². The Kier molecular flexibility index (Phi) is 7.61. The zero-order chi connectivity index (χ0) is 27.4. The quantitative estimate of drug-likeness (QED) is 0.200. The highest BCUT2D eigenvalue weighted by atomic mass is 32.1. The Morgan fingerprint density at radius 2 is 1.82 bits per heavy atom. The molecular formula is C26H25N7O5S. The maximum Gasteiger partial charge on any atom is 0.293 e. The summed E-state index contributed by atoms with van der Waals surface area (Å²) in [7, 11) is 0. The first-order valence-corrected chi connectivity index (χ1v) is 12.7. The molecule has 39 heavy (non-hydrogen) atoms. The third-order valence-corrected chi connectivity index (χ3v) is 6.23. The van der Waals surface area contributed by atoms with Gasteiger partial charge in [0.05, 0.1) is 30.4 Å². The Labute approximate surface area is 228 Å². The molecular weight excluding hydrogens is 522 g/mol. The molecule has 0 unspecified atom stereocenters. The Morgan fingerprint density at radius 1 is 1.08 bits per heavy atom. The van der Waals surface area contributed by atoms with Crippen LogP contribution < -0.4 is 20.3 Å². The molecule has 1 aliphatic heterocycles. The van der Waals surface area contributed by atoms with E-state index in [1.807, 2.05) is 36.1 Å². The second-order valence-corrected chi connectivity index (χ2v) is 9.00. The molecule has 0 spiro atoms. The molecule has 1 saturated heterocycles. The molecule has 2 N–H and O–H groups in total. The number of carbonyl (C=O) groups excluding carboxylic acids is 1. The van der Waals surface area contributed by atoms with E-state index in [9.17, 15) is 14.9 Å². The van der Waals surface area contributed by atoms with Crippen LogP contribution in [0.5, 0.6) is 5.75 Å². The molecule has 1 fully saturated rings. The van der Waals surface area contributed by atoms with Crippen molar-refractivity contribution in [3.8, 4) is 11.4 Å². The van der Waals surface area contributed by atoms with Gasteiger partial charge in [0.2, 0.25) is 0 Å². The van der Waals surface area contributed by atoms with E-state index in [1.54, 1.807) is 30.3 Å². The molecule has 3 aromatic carbocycles. The van der Waals surface area contributed by atoms with Crippen molar-refractivity contribution in [1.29, 1.82) is 0 Å². The molecule has 0 aliphatic carbocycles. The highest BCUT2D eigenvalue weighted by molar-refractivity contribution is 7.80. The summed E-state index contributed by atoms with van der Waals surface area (Å²) in [6.07, 6.45) is 0. The SMILES string of the molecule is CCOc1ccc(-n2nc3ccc(NC(=S)NC(=O)c4ccc(N5CCOCC5)c([N+](=O)[O-])c4)cc3n2)cc1. The average molecular weight is 548 g/mol. The first-order valence-electron chi connectivity index (χ1n) is 12.2. The van der Waals surface area contributed by atoms with Crippen molar-refractivity contribution in [1.82, 2.24) is 20.3 Å². The van der Waals surface area contributed by atoms with Crippen molar-refractivity contribution in [2.45, 2.75) is 6.92 Å². The predicted molar refractivity (Wildman–Crippen MR) is 150 cm³/mol. The van der Waals surface area contributed by atoms with Crippen LogP contribution in [-0.2, 0) is 4.74 Å². The van der Waals surface area contributed by atoms with Crippen LogP contribution in [-0.4, -0.2) is 63.8 Å². The number of amides is 1. The minimum atomic E-state index is -0.563. The molecule has 13 heteroatoms. The number of nitrogens with one attached hydrogen (secondary N) is 2. The van der Waals surface area contributed by atoms with Crippen molar-refractivity contribution >= 4 is 51.3 Å². The maximum atomic E-state index is 12.8. The van der Waals surface area contributed by atoms with Gasteiger partial charge in [-0.25, -0.2) is 0 Å². The number of nitro benzene ring substituents is 1. The molecule has 0 radical (unpaired) electrons. The van der Waals surface area contributed by atoms with E-state index in [0.29, 0.717) is 55.3 Å². The zero-order valence-electron chi connectivity index (χ0n) is 21.0. The molecule has 1 amide bonds. The predicted octanol–water partition coefficient (Wildman–Crippen LogP) is 3.69. The lowest BCUT2D eigenvalue weighted by atomic mass is 10.1. The van der Waals surface area contributed by atoms with E-state index in [0.717, 1.165) is 11.4 Å². The van der Waals surface area contributed by atoms with Crippen molar-refractivity contribution in [3.05, 3.63) is 76.3 Å². The number of ether oxygens (including phenoxy) is 2. The van der Waals surface area contributed by atoms with Crippen LogP contribution in [0.25, 0.3) is 16.7 Å². The minimum Gasteiger partial charge on any atom is -0.494 e. The van der Waals surface area contributed by atoms with Gasteiger partial charge in [0.25, 0.3) is 11.6 Å². The number of carbonyl (C=O) groups is 1. The zero-order valence-corrected chi connectivity index (χ0v) is 21.8. The fourth-order valence-corrected chi connectivity index (χ4v) is 4.38.